The number of allylic oxidation sites excluding steroid dienone is 2. The molecule has 0 aromatic rings. The van der Waals surface area contributed by atoms with Crippen LogP contribution in [-0.4, -0.2) is 317 Å². The minimum atomic E-state index is -1.65. The van der Waals surface area contributed by atoms with Crippen molar-refractivity contribution in [3.63, 3.8) is 0 Å². The molecule has 8 heterocycles. The van der Waals surface area contributed by atoms with Crippen molar-refractivity contribution in [2.24, 2.45) is 26.2 Å². The summed E-state index contributed by atoms with van der Waals surface area (Å²) in [6, 6.07) is -8.03. The van der Waals surface area contributed by atoms with Gasteiger partial charge < -0.3 is 145 Å². The molecule has 3 fully saturated rings. The van der Waals surface area contributed by atoms with Crippen molar-refractivity contribution >= 4 is 47.6 Å². The predicted molar refractivity (Wildman–Crippen MR) is 389 cm³/mol. The van der Waals surface area contributed by atoms with Crippen LogP contribution < -0.4 is 32.3 Å². The van der Waals surface area contributed by atoms with Gasteiger partial charge in [-0.1, -0.05) is 20.5 Å². The van der Waals surface area contributed by atoms with Crippen molar-refractivity contribution < 1.29 is 283 Å². The second kappa shape index (κ2) is 54.7. The fraction of sp³-hybridized carbons (Fsp3) is 0.657. The quantitative estimate of drug-likeness (QED) is 0.00860. The number of aliphatic hydroxyl groups is 9. The van der Waals surface area contributed by atoms with E-state index in [1.54, 1.807) is 79.4 Å². The first-order valence-electron chi connectivity index (χ1n) is 34.8. The van der Waals surface area contributed by atoms with Gasteiger partial charge in [-0.15, -0.1) is 0 Å². The van der Waals surface area contributed by atoms with E-state index in [1.165, 1.54) is 23.9 Å². The number of carbonyl (C=O) groups is 3. The third-order valence-electron chi connectivity index (χ3n) is 17.5. The smallest absolute Gasteiger partial charge is 0.372 e. The molecule has 0 saturated carbocycles. The molecule has 25 atom stereocenters. The Bertz CT molecular complexity index is 3870. The van der Waals surface area contributed by atoms with E-state index in [0.29, 0.717) is 11.5 Å². The van der Waals surface area contributed by atoms with Gasteiger partial charge in [-0.25, -0.2) is 38.4 Å². The molecule has 0 amide bonds. The average molecular weight is 2330 g/mol. The van der Waals surface area contributed by atoms with E-state index in [9.17, 15) is 74.1 Å². The zero-order valence-electron chi connectivity index (χ0n) is 65.9. The molecule has 16 N–H and O–H groups in total. The maximum atomic E-state index is 11.9. The molecule has 0 bridgehead atoms. The Hall–Kier alpha value is -6.72. The summed E-state index contributed by atoms with van der Waals surface area (Å²) >= 11 is 0. The molecule has 0 aliphatic carbocycles. The molecule has 8 aliphatic heterocycles. The molecule has 49 nitrogen and oxygen atoms in total. The van der Waals surface area contributed by atoms with Crippen LogP contribution in [-0.2, 0) is 105 Å². The zero-order valence-corrected chi connectivity index (χ0v) is 80.2. The SMILES string of the molecule is CC1=CC(N)C(NC=C=O)[C@H](C(O)C2COC(C)(C)O2)O1.CC1=CC(N=[N+]=[N-])C(NC=C=O)[C@H](C(O)C2COC(C)(C)O2)O1.COC(=O)C1=CC(N=[N+]=[N-])C(NC=C=O)[C@H](C(O)C(O)CO)O1.COC(=O)C1=CC(N=[N+]=[N-])C(NC=C=O)[C@H](C(O)C(O)CO)O1.COC(=O)C1=CC(N=[N+]=[N-])C(NC=C=O)[C@H](C(O)C2COC(C)(C)O2)O1.[Ac].[Ac].[Ac]. The minimum Gasteiger partial charge on any atom is -0.490 e. The number of rotatable bonds is 29. The Morgan fingerprint density at radius 3 is 0.950 bits per heavy atom. The topological polar surface area (TPSA) is 729 Å². The van der Waals surface area contributed by atoms with Gasteiger partial charge in [0.1, 0.15) is 121 Å². The third kappa shape index (κ3) is 33.1. The number of hydrogen-bond donors (Lipinski definition) is 15. The first kappa shape index (κ1) is 110. The van der Waals surface area contributed by atoms with E-state index in [4.69, 9.17) is 90.2 Å². The van der Waals surface area contributed by atoms with Crippen LogP contribution in [0.15, 0.2) is 111 Å². The summed E-state index contributed by atoms with van der Waals surface area (Å²) in [5, 5.41) is 117. The van der Waals surface area contributed by atoms with Gasteiger partial charge in [0.05, 0.1) is 157 Å². The van der Waals surface area contributed by atoms with Crippen molar-refractivity contribution in [3.8, 4) is 0 Å². The Morgan fingerprint density at radius 2 is 0.697 bits per heavy atom. The van der Waals surface area contributed by atoms with E-state index in [2.05, 4.69) is 80.9 Å². The largest absolute Gasteiger partial charge is 0.490 e. The number of esters is 3. The van der Waals surface area contributed by atoms with E-state index < -0.39 is 200 Å². The Kier molecular flexibility index (Phi) is 50.7. The molecule has 0 aromatic carbocycles. The van der Waals surface area contributed by atoms with Crippen LogP contribution in [0.25, 0.3) is 41.8 Å². The summed E-state index contributed by atoms with van der Waals surface area (Å²) in [5.74, 6) is 2.90. The van der Waals surface area contributed by atoms with Crippen LogP contribution >= 0.6 is 0 Å². The van der Waals surface area contributed by atoms with Gasteiger partial charge in [-0.2, -0.15) is 0 Å². The number of nitrogens with one attached hydrogen (secondary N) is 5. The Morgan fingerprint density at radius 1 is 0.454 bits per heavy atom. The number of hydrogen-bond acceptors (Lipinski definition) is 41. The second-order valence-corrected chi connectivity index (χ2v) is 26.7. The summed E-state index contributed by atoms with van der Waals surface area (Å²) in [6.07, 6.45) is -5.06. The molecule has 8 rings (SSSR count). The van der Waals surface area contributed by atoms with Gasteiger partial charge in [0.25, 0.3) is 0 Å². The summed E-state index contributed by atoms with van der Waals surface area (Å²) in [4.78, 5) is 98.0. The van der Waals surface area contributed by atoms with E-state index >= 15 is 0 Å². The van der Waals surface area contributed by atoms with Gasteiger partial charge >= 0.3 is 17.9 Å². The molecule has 8 aliphatic rings. The number of ether oxygens (including phenoxy) is 14. The van der Waals surface area contributed by atoms with Crippen LogP contribution in [0.4, 0.5) is 0 Å². The third-order valence-corrected chi connectivity index (χ3v) is 17.5. The second-order valence-electron chi connectivity index (χ2n) is 26.7. The fourth-order valence-corrected chi connectivity index (χ4v) is 12.2. The van der Waals surface area contributed by atoms with Gasteiger partial charge in [-0.3, -0.25) is 0 Å². The summed E-state index contributed by atoms with van der Waals surface area (Å²) < 4.78 is 74.4. The van der Waals surface area contributed by atoms with Crippen LogP contribution in [0.1, 0.15) is 55.4 Å². The van der Waals surface area contributed by atoms with Crippen molar-refractivity contribution in [3.05, 3.63) is 132 Å². The number of azide groups is 4. The molecule has 3 saturated heterocycles. The van der Waals surface area contributed by atoms with Gasteiger partial charge in [0.15, 0.2) is 17.4 Å². The molecule has 52 heteroatoms. The van der Waals surface area contributed by atoms with Crippen molar-refractivity contribution in [2.45, 2.75) is 225 Å². The minimum absolute atomic E-state index is 0. The number of methoxy groups -OCH3 is 3. The first-order chi connectivity index (χ1) is 55.0. The van der Waals surface area contributed by atoms with Gasteiger partial charge in [-0.05, 0) is 108 Å². The first-order valence-corrected chi connectivity index (χ1v) is 34.8. The van der Waals surface area contributed by atoms with E-state index in [-0.39, 0.29) is 169 Å². The van der Waals surface area contributed by atoms with E-state index in [1.807, 2.05) is 0 Å². The van der Waals surface area contributed by atoms with Crippen LogP contribution in [0, 0.1) is 132 Å². The predicted octanol–water partition coefficient (Wildman–Crippen LogP) is -3.57. The normalized spacial score (nSPS) is 29.4. The number of carbonyl (C=O) groups excluding carboxylic acids is 8. The zero-order chi connectivity index (χ0) is 86.8. The summed E-state index contributed by atoms with van der Waals surface area (Å²) in [6.45, 7) is 12.9. The summed E-state index contributed by atoms with van der Waals surface area (Å²) in [7, 11) is 3.36. The van der Waals surface area contributed by atoms with Gasteiger partial charge in [0.2, 0.25) is 17.3 Å². The molecule has 119 heavy (non-hydrogen) atoms. The van der Waals surface area contributed by atoms with Crippen LogP contribution in [0.2, 0.25) is 0 Å². The number of aliphatic hydroxyl groups excluding tert-OH is 9. The molecular formula is C67H94Ac3N18O31. The number of nitrogens with zero attached hydrogens (tertiary/aromatic N) is 12. The van der Waals surface area contributed by atoms with E-state index in [0.717, 1.165) is 64.5 Å². The summed E-state index contributed by atoms with van der Waals surface area (Å²) in [5.41, 5.74) is 40.8. The molecule has 0 aromatic heterocycles. The maximum absolute atomic E-state index is 11.9. The molecule has 0 spiro atoms. The molecular weight excluding hydrogens is 2230 g/mol. The molecule has 647 valence electrons. The monoisotopic (exact) mass is 2330 g/mol. The van der Waals surface area contributed by atoms with Gasteiger partial charge in [0, 0.05) is 152 Å². The number of nitrogens with two attached hydrogens (primary N) is 1. The van der Waals surface area contributed by atoms with Crippen molar-refractivity contribution in [2.75, 3.05) is 54.4 Å². The van der Waals surface area contributed by atoms with Crippen LogP contribution in [0.5, 0.6) is 0 Å². The fourth-order valence-electron chi connectivity index (χ4n) is 12.2. The Labute approximate surface area is 786 Å². The van der Waals surface area contributed by atoms with Crippen molar-refractivity contribution in [1.29, 1.82) is 0 Å². The van der Waals surface area contributed by atoms with Crippen LogP contribution in [0.3, 0.4) is 0 Å². The van der Waals surface area contributed by atoms with Crippen molar-refractivity contribution in [1.82, 2.24) is 26.6 Å². The average Bonchev–Trinajstić information content (AvgIpc) is 1.80. The molecule has 3 radical (unpaired) electrons. The molecule has 20 unspecified atom stereocenters. The Balaban J connectivity index is 0.000000740. The standard InChI is InChI=1S/C15H20N4O7.C14H20N4O5.C14H22N2O5.2C12H16N4O7.3Ac/c1-15(2)24-7-10(26-15)12(21)13-11(17-4-5-20)8(18-19-16)6-9(25-13)14(22)23-3;1-8-6-9(17-18-15)11(16-4-5-19)13(22-8)12(20)10-7-21-14(2,3)23-10;1-8-6-9(15)11(16-4-5-17)13(20-8)12(18)10-7-19-14(2,3)21-10;2*1-22-12(21)8-4-6(15-16-13)9(14-2-3-17)11(23-8)10(20)7(19)5-18;;;/h4,6,8,10-13,17,21H,7H2,1-3H3;4,6,9-13,16,20H,7H2,1-3H3;4,6,9-13,16,18H,7,15H2,1-3H3;2*2,4,6-7,9-11,14,18-20H,5H2,1H3;;;/t8?,10?,11?,12?,13-;2*9?,10?,11?,12?,13-;2*6?,7?,9?,10?,11-;;;/m11111.../s1. The maximum Gasteiger partial charge on any atom is 0.372 e.